The fourth-order valence-electron chi connectivity index (χ4n) is 3.79. The van der Waals surface area contributed by atoms with E-state index in [2.05, 4.69) is 34.3 Å². The lowest BCUT2D eigenvalue weighted by molar-refractivity contribution is 0.0739. The average Bonchev–Trinajstić information content (AvgIpc) is 3.33. The van der Waals surface area contributed by atoms with Crippen LogP contribution >= 0.6 is 0 Å². The van der Waals surface area contributed by atoms with Crippen LogP contribution in [0.4, 0.5) is 5.69 Å². The van der Waals surface area contributed by atoms with Crippen molar-refractivity contribution in [3.8, 4) is 0 Å². The second kappa shape index (κ2) is 6.67. The molecule has 2 aromatic rings. The molecule has 1 amide bonds. The number of anilines is 1. The van der Waals surface area contributed by atoms with Gasteiger partial charge in [-0.2, -0.15) is 5.10 Å². The van der Waals surface area contributed by atoms with Gasteiger partial charge in [-0.25, -0.2) is 0 Å². The van der Waals surface area contributed by atoms with E-state index in [0.29, 0.717) is 11.7 Å². The Morgan fingerprint density at radius 3 is 2.38 bits per heavy atom. The first-order chi connectivity index (χ1) is 11.8. The largest absolute Gasteiger partial charge is 0.368 e. The maximum absolute atomic E-state index is 12.7. The maximum atomic E-state index is 12.7. The third kappa shape index (κ3) is 3.03. The molecule has 1 aliphatic carbocycles. The van der Waals surface area contributed by atoms with Crippen molar-refractivity contribution < 1.29 is 4.79 Å². The molecule has 126 valence electrons. The summed E-state index contributed by atoms with van der Waals surface area (Å²) in [5, 5.41) is 4.56. The number of rotatable bonds is 3. The zero-order valence-corrected chi connectivity index (χ0v) is 14.0. The van der Waals surface area contributed by atoms with Gasteiger partial charge in [0, 0.05) is 38.1 Å². The molecule has 5 nitrogen and oxygen atoms in total. The van der Waals surface area contributed by atoms with Crippen molar-refractivity contribution in [2.75, 3.05) is 31.1 Å². The van der Waals surface area contributed by atoms with Crippen molar-refractivity contribution in [1.29, 1.82) is 0 Å². The quantitative estimate of drug-likeness (QED) is 0.871. The average molecular weight is 324 g/mol. The lowest BCUT2D eigenvalue weighted by atomic mass is 10.2. The second-order valence-electron chi connectivity index (χ2n) is 6.73. The predicted molar refractivity (Wildman–Crippen MR) is 94.3 cm³/mol. The number of nitrogens with zero attached hydrogens (tertiary/aromatic N) is 4. The summed E-state index contributed by atoms with van der Waals surface area (Å²) in [6, 6.07) is 12.8. The van der Waals surface area contributed by atoms with Crippen LogP contribution in [0.1, 0.15) is 42.2 Å². The highest BCUT2D eigenvalue weighted by Gasteiger charge is 2.25. The maximum Gasteiger partial charge on any atom is 0.274 e. The summed E-state index contributed by atoms with van der Waals surface area (Å²) in [6.07, 6.45) is 6.89. The van der Waals surface area contributed by atoms with E-state index in [-0.39, 0.29) is 5.91 Å². The van der Waals surface area contributed by atoms with E-state index in [9.17, 15) is 4.79 Å². The number of hydrogen-bond acceptors (Lipinski definition) is 3. The Bertz CT molecular complexity index is 682. The molecule has 24 heavy (non-hydrogen) atoms. The van der Waals surface area contributed by atoms with Gasteiger partial charge in [-0.1, -0.05) is 31.0 Å². The van der Waals surface area contributed by atoms with E-state index >= 15 is 0 Å². The van der Waals surface area contributed by atoms with Crippen LogP contribution in [0.3, 0.4) is 0 Å². The molecule has 0 radical (unpaired) electrons. The minimum atomic E-state index is 0.0689. The van der Waals surface area contributed by atoms with Gasteiger partial charge < -0.3 is 9.80 Å². The third-order valence-corrected chi connectivity index (χ3v) is 5.21. The van der Waals surface area contributed by atoms with Crippen LogP contribution in [0.25, 0.3) is 0 Å². The van der Waals surface area contributed by atoms with Gasteiger partial charge in [0.1, 0.15) is 5.69 Å². The molecular formula is C19H24N4O. The molecular weight excluding hydrogens is 300 g/mol. The Morgan fingerprint density at radius 2 is 1.67 bits per heavy atom. The predicted octanol–water partition coefficient (Wildman–Crippen LogP) is 2.96. The molecule has 4 rings (SSSR count). The molecule has 1 aromatic carbocycles. The van der Waals surface area contributed by atoms with Crippen molar-refractivity contribution in [3.05, 3.63) is 48.3 Å². The highest BCUT2D eigenvalue weighted by molar-refractivity contribution is 5.92. The monoisotopic (exact) mass is 324 g/mol. The molecule has 1 aromatic heterocycles. The van der Waals surface area contributed by atoms with Crippen molar-refractivity contribution >= 4 is 11.6 Å². The Labute approximate surface area is 142 Å². The van der Waals surface area contributed by atoms with Gasteiger partial charge in [0.2, 0.25) is 0 Å². The molecule has 0 atom stereocenters. The van der Waals surface area contributed by atoms with Gasteiger partial charge in [0.25, 0.3) is 5.91 Å². The summed E-state index contributed by atoms with van der Waals surface area (Å²) >= 11 is 0. The van der Waals surface area contributed by atoms with E-state index in [1.807, 2.05) is 27.9 Å². The number of piperazine rings is 1. The molecule has 2 fully saturated rings. The van der Waals surface area contributed by atoms with Crippen molar-refractivity contribution in [2.24, 2.45) is 0 Å². The smallest absolute Gasteiger partial charge is 0.274 e. The summed E-state index contributed by atoms with van der Waals surface area (Å²) in [6.45, 7) is 3.26. The number of aromatic nitrogens is 2. The molecule has 1 saturated carbocycles. The van der Waals surface area contributed by atoms with E-state index in [0.717, 1.165) is 26.2 Å². The van der Waals surface area contributed by atoms with Crippen molar-refractivity contribution in [3.63, 3.8) is 0 Å². The number of carbonyl (C=O) groups excluding carboxylic acids is 1. The van der Waals surface area contributed by atoms with E-state index < -0.39 is 0 Å². The van der Waals surface area contributed by atoms with Crippen LogP contribution in [0, 0.1) is 0 Å². The normalized spacial score (nSPS) is 19.0. The lowest BCUT2D eigenvalue weighted by Gasteiger charge is -2.35. The molecule has 0 unspecified atom stereocenters. The van der Waals surface area contributed by atoms with Crippen LogP contribution in [0.5, 0.6) is 0 Å². The van der Waals surface area contributed by atoms with Gasteiger partial charge in [0.05, 0.1) is 6.04 Å². The van der Waals surface area contributed by atoms with Crippen molar-refractivity contribution in [2.45, 2.75) is 31.7 Å². The molecule has 5 heteroatoms. The highest BCUT2D eigenvalue weighted by atomic mass is 16.2. The number of amides is 1. The Hall–Kier alpha value is -2.30. The molecule has 0 N–H and O–H groups in total. The summed E-state index contributed by atoms with van der Waals surface area (Å²) in [4.78, 5) is 17.0. The van der Waals surface area contributed by atoms with Gasteiger partial charge >= 0.3 is 0 Å². The molecule has 0 bridgehead atoms. The Balaban J connectivity index is 1.38. The Kier molecular flexibility index (Phi) is 4.24. The first-order valence-electron chi connectivity index (χ1n) is 8.96. The van der Waals surface area contributed by atoms with E-state index in [1.54, 1.807) is 0 Å². The standard InChI is InChI=1S/C19H24N4O/c24-19(18-10-11-23(20-18)17-8-4-5-9-17)22-14-12-21(13-15-22)16-6-2-1-3-7-16/h1-3,6-7,10-11,17H,4-5,8-9,12-15H2. The first-order valence-corrected chi connectivity index (χ1v) is 8.96. The summed E-state index contributed by atoms with van der Waals surface area (Å²) < 4.78 is 2.00. The van der Waals surface area contributed by atoms with Gasteiger partial charge in [-0.3, -0.25) is 9.48 Å². The summed E-state index contributed by atoms with van der Waals surface area (Å²) in [7, 11) is 0. The van der Waals surface area contributed by atoms with Crippen LogP contribution in [-0.4, -0.2) is 46.8 Å². The lowest BCUT2D eigenvalue weighted by Crippen LogP contribution is -2.48. The molecule has 0 spiro atoms. The van der Waals surface area contributed by atoms with Crippen LogP contribution in [-0.2, 0) is 0 Å². The fraction of sp³-hybridized carbons (Fsp3) is 0.474. The third-order valence-electron chi connectivity index (χ3n) is 5.21. The molecule has 1 saturated heterocycles. The zero-order chi connectivity index (χ0) is 16.4. The van der Waals surface area contributed by atoms with E-state index in [1.165, 1.54) is 31.4 Å². The molecule has 1 aliphatic heterocycles. The minimum Gasteiger partial charge on any atom is -0.368 e. The van der Waals surface area contributed by atoms with Gasteiger partial charge in [-0.15, -0.1) is 0 Å². The van der Waals surface area contributed by atoms with Crippen LogP contribution in [0.15, 0.2) is 42.6 Å². The minimum absolute atomic E-state index is 0.0689. The van der Waals surface area contributed by atoms with E-state index in [4.69, 9.17) is 0 Å². The number of benzene rings is 1. The highest BCUT2D eigenvalue weighted by Crippen LogP contribution is 2.28. The summed E-state index contributed by atoms with van der Waals surface area (Å²) in [5.41, 5.74) is 1.82. The van der Waals surface area contributed by atoms with Gasteiger partial charge in [0.15, 0.2) is 0 Å². The van der Waals surface area contributed by atoms with Gasteiger partial charge in [-0.05, 0) is 31.0 Å². The topological polar surface area (TPSA) is 41.4 Å². The number of hydrogen-bond donors (Lipinski definition) is 0. The zero-order valence-electron chi connectivity index (χ0n) is 14.0. The van der Waals surface area contributed by atoms with Crippen LogP contribution < -0.4 is 4.90 Å². The Morgan fingerprint density at radius 1 is 0.958 bits per heavy atom. The fourth-order valence-corrected chi connectivity index (χ4v) is 3.79. The number of carbonyl (C=O) groups is 1. The van der Waals surface area contributed by atoms with Crippen molar-refractivity contribution in [1.82, 2.24) is 14.7 Å². The second-order valence-corrected chi connectivity index (χ2v) is 6.73. The molecule has 2 heterocycles. The number of para-hydroxylation sites is 1. The SMILES string of the molecule is O=C(c1ccn(C2CCCC2)n1)N1CCN(c2ccccc2)CC1. The molecule has 2 aliphatic rings. The summed E-state index contributed by atoms with van der Waals surface area (Å²) in [5.74, 6) is 0.0689. The first kappa shape index (κ1) is 15.2. The van der Waals surface area contributed by atoms with Crippen LogP contribution in [0.2, 0.25) is 0 Å².